The predicted molar refractivity (Wildman–Crippen MR) is 120 cm³/mol. The minimum Gasteiger partial charge on any atom is -0.350 e. The van der Waals surface area contributed by atoms with Gasteiger partial charge in [-0.15, -0.1) is 0 Å². The zero-order valence-electron chi connectivity index (χ0n) is 16.6. The van der Waals surface area contributed by atoms with Gasteiger partial charge in [-0.3, -0.25) is 9.59 Å². The number of amides is 1. The van der Waals surface area contributed by atoms with Gasteiger partial charge in [0, 0.05) is 39.8 Å². The molecule has 0 aliphatic carbocycles. The number of benzene rings is 3. The van der Waals surface area contributed by atoms with Gasteiger partial charge in [-0.1, -0.05) is 59.6 Å². The number of hydrogen-bond donors (Lipinski definition) is 1. The van der Waals surface area contributed by atoms with Crippen molar-refractivity contribution < 1.29 is 9.59 Å². The monoisotopic (exact) mass is 416 g/mol. The maximum Gasteiger partial charge on any atom is 0.240 e. The third-order valence-electron chi connectivity index (χ3n) is 5.03. The first-order chi connectivity index (χ1) is 14.5. The van der Waals surface area contributed by atoms with E-state index in [9.17, 15) is 9.59 Å². The molecule has 0 fully saturated rings. The summed E-state index contributed by atoms with van der Waals surface area (Å²) in [5, 5.41) is 4.36. The molecule has 4 rings (SSSR count). The van der Waals surface area contributed by atoms with Gasteiger partial charge < -0.3 is 9.88 Å². The fourth-order valence-corrected chi connectivity index (χ4v) is 3.67. The van der Waals surface area contributed by atoms with Crippen molar-refractivity contribution in [3.63, 3.8) is 0 Å². The lowest BCUT2D eigenvalue weighted by atomic mass is 10.0. The molecule has 0 aliphatic heterocycles. The van der Waals surface area contributed by atoms with Crippen LogP contribution in [0.15, 0.2) is 79.0 Å². The molecule has 150 valence electrons. The number of aryl methyl sites for hydroxylation is 1. The van der Waals surface area contributed by atoms with E-state index < -0.39 is 0 Å². The summed E-state index contributed by atoms with van der Waals surface area (Å²) in [7, 11) is 0. The molecule has 1 N–H and O–H groups in total. The van der Waals surface area contributed by atoms with E-state index in [0.29, 0.717) is 22.7 Å². The molecule has 0 atom stereocenters. The lowest BCUT2D eigenvalue weighted by Crippen LogP contribution is -2.26. The summed E-state index contributed by atoms with van der Waals surface area (Å²) in [5.74, 6) is -0.204. The van der Waals surface area contributed by atoms with Crippen molar-refractivity contribution in [3.8, 4) is 0 Å². The third kappa shape index (κ3) is 4.29. The molecule has 30 heavy (non-hydrogen) atoms. The van der Waals surface area contributed by atoms with Crippen LogP contribution in [-0.4, -0.2) is 16.3 Å². The summed E-state index contributed by atoms with van der Waals surface area (Å²) in [5.41, 5.74) is 4.19. The van der Waals surface area contributed by atoms with Crippen LogP contribution < -0.4 is 5.32 Å². The Kier molecular flexibility index (Phi) is 5.68. The molecule has 0 radical (unpaired) electrons. The Morgan fingerprint density at radius 3 is 2.50 bits per heavy atom. The summed E-state index contributed by atoms with van der Waals surface area (Å²) in [4.78, 5) is 25.6. The van der Waals surface area contributed by atoms with Crippen LogP contribution in [0.3, 0.4) is 0 Å². The summed E-state index contributed by atoms with van der Waals surface area (Å²) in [6.07, 6.45) is 1.76. The second-order valence-electron chi connectivity index (χ2n) is 7.29. The van der Waals surface area contributed by atoms with E-state index >= 15 is 0 Å². The zero-order valence-corrected chi connectivity index (χ0v) is 17.3. The summed E-state index contributed by atoms with van der Waals surface area (Å²) < 4.78 is 1.82. The maximum absolute atomic E-state index is 13.1. The van der Waals surface area contributed by atoms with Gasteiger partial charge in [0.05, 0.1) is 0 Å². The molecule has 3 aromatic carbocycles. The molecule has 0 saturated carbocycles. The smallest absolute Gasteiger partial charge is 0.240 e. The minimum absolute atomic E-state index is 0.0956. The van der Waals surface area contributed by atoms with Crippen molar-refractivity contribution in [3.05, 3.63) is 106 Å². The van der Waals surface area contributed by atoms with Crippen LogP contribution >= 0.6 is 11.6 Å². The molecule has 1 heterocycles. The van der Waals surface area contributed by atoms with E-state index in [1.54, 1.807) is 30.5 Å². The van der Waals surface area contributed by atoms with Crippen LogP contribution in [0.2, 0.25) is 5.02 Å². The number of nitrogens with zero attached hydrogens (tertiary/aromatic N) is 1. The number of fused-ring (bicyclic) bond motifs is 1. The van der Waals surface area contributed by atoms with Crippen LogP contribution in [0, 0.1) is 6.92 Å². The summed E-state index contributed by atoms with van der Waals surface area (Å²) in [6.45, 7) is 2.63. The lowest BCUT2D eigenvalue weighted by molar-refractivity contribution is -0.121. The van der Waals surface area contributed by atoms with E-state index in [-0.39, 0.29) is 18.2 Å². The Balaban J connectivity index is 1.56. The first kappa shape index (κ1) is 19.9. The SMILES string of the molecule is Cc1cccc(CNC(=O)Cn2cc(C(=O)c3ccc(Cl)cc3)c3ccccc32)c1. The largest absolute Gasteiger partial charge is 0.350 e. The number of aromatic nitrogens is 1. The van der Waals surface area contributed by atoms with Gasteiger partial charge in [-0.05, 0) is 42.8 Å². The van der Waals surface area contributed by atoms with Gasteiger partial charge in [0.15, 0.2) is 5.78 Å². The van der Waals surface area contributed by atoms with Gasteiger partial charge in [0.1, 0.15) is 6.54 Å². The number of rotatable bonds is 6. The molecule has 1 aromatic heterocycles. The fourth-order valence-electron chi connectivity index (χ4n) is 3.55. The predicted octanol–water partition coefficient (Wildman–Crippen LogP) is 5.15. The zero-order chi connectivity index (χ0) is 21.1. The first-order valence-corrected chi connectivity index (χ1v) is 10.1. The van der Waals surface area contributed by atoms with Crippen LogP contribution in [0.5, 0.6) is 0 Å². The van der Waals surface area contributed by atoms with Crippen molar-refractivity contribution in [1.29, 1.82) is 0 Å². The van der Waals surface area contributed by atoms with Crippen molar-refractivity contribution >= 4 is 34.2 Å². The number of nitrogens with one attached hydrogen (secondary N) is 1. The molecule has 1 amide bonds. The number of ketones is 1. The van der Waals surface area contributed by atoms with Gasteiger partial charge in [0.25, 0.3) is 0 Å². The Bertz CT molecular complexity index is 1230. The van der Waals surface area contributed by atoms with E-state index in [1.807, 2.05) is 60.0 Å². The fraction of sp³-hybridized carbons (Fsp3) is 0.120. The highest BCUT2D eigenvalue weighted by Gasteiger charge is 2.17. The van der Waals surface area contributed by atoms with Gasteiger partial charge in [-0.25, -0.2) is 0 Å². The lowest BCUT2D eigenvalue weighted by Gasteiger charge is -2.08. The second kappa shape index (κ2) is 8.56. The minimum atomic E-state index is -0.109. The molecule has 0 aliphatic rings. The second-order valence-corrected chi connectivity index (χ2v) is 7.73. The molecule has 5 heteroatoms. The van der Waals surface area contributed by atoms with Gasteiger partial charge in [-0.2, -0.15) is 0 Å². The average Bonchev–Trinajstić information content (AvgIpc) is 3.11. The van der Waals surface area contributed by atoms with Gasteiger partial charge in [0.2, 0.25) is 5.91 Å². The average molecular weight is 417 g/mol. The molecule has 0 unspecified atom stereocenters. The molecular weight excluding hydrogens is 396 g/mol. The highest BCUT2D eigenvalue weighted by molar-refractivity contribution is 6.30. The molecule has 0 saturated heterocycles. The standard InChI is InChI=1S/C25H21ClN2O2/c1-17-5-4-6-18(13-17)14-27-24(29)16-28-15-22(21-7-2-3-8-23(21)28)25(30)19-9-11-20(26)12-10-19/h2-13,15H,14,16H2,1H3,(H,27,29). The molecule has 4 nitrogen and oxygen atoms in total. The van der Waals surface area contributed by atoms with Crippen LogP contribution in [0.1, 0.15) is 27.0 Å². The number of para-hydroxylation sites is 1. The molecule has 4 aromatic rings. The van der Waals surface area contributed by atoms with E-state index in [2.05, 4.69) is 5.32 Å². The Morgan fingerprint density at radius 2 is 1.73 bits per heavy atom. The topological polar surface area (TPSA) is 51.1 Å². The highest BCUT2D eigenvalue weighted by atomic mass is 35.5. The third-order valence-corrected chi connectivity index (χ3v) is 5.28. The highest BCUT2D eigenvalue weighted by Crippen LogP contribution is 2.24. The normalized spacial score (nSPS) is 10.9. The van der Waals surface area contributed by atoms with E-state index in [1.165, 1.54) is 0 Å². The summed E-state index contributed by atoms with van der Waals surface area (Å²) in [6, 6.07) is 22.5. The van der Waals surface area contributed by atoms with Crippen LogP contribution in [0.4, 0.5) is 0 Å². The van der Waals surface area contributed by atoms with E-state index in [4.69, 9.17) is 11.6 Å². The van der Waals surface area contributed by atoms with Gasteiger partial charge >= 0.3 is 0 Å². The number of carbonyl (C=O) groups excluding carboxylic acids is 2. The Hall–Kier alpha value is -3.37. The molecule has 0 spiro atoms. The van der Waals surface area contributed by atoms with E-state index in [0.717, 1.165) is 22.0 Å². The Labute approximate surface area is 180 Å². The quantitative estimate of drug-likeness (QED) is 0.442. The number of halogens is 1. The van der Waals surface area contributed by atoms with Crippen LogP contribution in [0.25, 0.3) is 10.9 Å². The van der Waals surface area contributed by atoms with Crippen molar-refractivity contribution in [2.75, 3.05) is 0 Å². The first-order valence-electron chi connectivity index (χ1n) is 9.71. The molecular formula is C25H21ClN2O2. The maximum atomic E-state index is 13.1. The number of hydrogen-bond acceptors (Lipinski definition) is 2. The summed E-state index contributed by atoms with van der Waals surface area (Å²) >= 11 is 5.94. The van der Waals surface area contributed by atoms with Crippen molar-refractivity contribution in [1.82, 2.24) is 9.88 Å². The van der Waals surface area contributed by atoms with Crippen molar-refractivity contribution in [2.45, 2.75) is 20.0 Å². The Morgan fingerprint density at radius 1 is 0.967 bits per heavy atom. The van der Waals surface area contributed by atoms with Crippen LogP contribution in [-0.2, 0) is 17.9 Å². The van der Waals surface area contributed by atoms with Crippen molar-refractivity contribution in [2.24, 2.45) is 0 Å². The number of carbonyl (C=O) groups is 2. The molecule has 0 bridgehead atoms.